The molecule has 0 spiro atoms. The first-order valence-electron chi connectivity index (χ1n) is 8.08. The lowest BCUT2D eigenvalue weighted by Gasteiger charge is -2.22. The Kier molecular flexibility index (Phi) is 3.44. The lowest BCUT2D eigenvalue weighted by Crippen LogP contribution is -2.14. The zero-order valence-corrected chi connectivity index (χ0v) is 14.7. The van der Waals surface area contributed by atoms with Gasteiger partial charge in [0.05, 0.1) is 10.5 Å². The van der Waals surface area contributed by atoms with Crippen LogP contribution in [-0.4, -0.2) is 4.92 Å². The van der Waals surface area contributed by atoms with Crippen molar-refractivity contribution in [3.63, 3.8) is 0 Å². The number of nitro groups is 1. The smallest absolute Gasteiger partial charge is 0.258 e. The van der Waals surface area contributed by atoms with E-state index < -0.39 is 0 Å². The van der Waals surface area contributed by atoms with Crippen molar-refractivity contribution in [1.82, 2.24) is 0 Å². The van der Waals surface area contributed by atoms with Crippen LogP contribution in [0, 0.1) is 10.1 Å². The van der Waals surface area contributed by atoms with Gasteiger partial charge in [0, 0.05) is 16.5 Å². The highest BCUT2D eigenvalue weighted by Gasteiger charge is 2.35. The number of nitro benzene ring substituents is 1. The number of rotatable bonds is 2. The van der Waals surface area contributed by atoms with Crippen LogP contribution < -0.4 is 0 Å². The number of benzene rings is 3. The molecule has 0 fully saturated rings. The summed E-state index contributed by atoms with van der Waals surface area (Å²) in [6.45, 7) is 4.38. The van der Waals surface area contributed by atoms with Gasteiger partial charge in [0.25, 0.3) is 5.69 Å². The first kappa shape index (κ1) is 15.9. The van der Waals surface area contributed by atoms with Crippen LogP contribution in [-0.2, 0) is 5.41 Å². The van der Waals surface area contributed by atoms with Crippen LogP contribution >= 0.6 is 11.6 Å². The molecule has 0 unspecified atom stereocenters. The molecule has 3 nitrogen and oxygen atoms in total. The lowest BCUT2D eigenvalue weighted by molar-refractivity contribution is -0.384. The van der Waals surface area contributed by atoms with Crippen molar-refractivity contribution >= 4 is 17.3 Å². The predicted molar refractivity (Wildman–Crippen MR) is 101 cm³/mol. The molecule has 0 aromatic heterocycles. The SMILES string of the molecule is CC1(C)c2ccccc2-c2ccc(-c3ccc(Cl)cc3[N+](=O)[O-])cc21. The van der Waals surface area contributed by atoms with Gasteiger partial charge in [-0.1, -0.05) is 61.8 Å². The largest absolute Gasteiger partial charge is 0.278 e. The number of fused-ring (bicyclic) bond motifs is 3. The topological polar surface area (TPSA) is 43.1 Å². The van der Waals surface area contributed by atoms with E-state index in [0.29, 0.717) is 10.6 Å². The average Bonchev–Trinajstić information content (AvgIpc) is 2.83. The molecule has 124 valence electrons. The van der Waals surface area contributed by atoms with Crippen LogP contribution in [0.2, 0.25) is 5.02 Å². The fourth-order valence-electron chi connectivity index (χ4n) is 3.77. The van der Waals surface area contributed by atoms with Crippen LogP contribution in [0.3, 0.4) is 0 Å². The van der Waals surface area contributed by atoms with Gasteiger partial charge < -0.3 is 0 Å². The molecule has 0 radical (unpaired) electrons. The van der Waals surface area contributed by atoms with Gasteiger partial charge in [0.1, 0.15) is 0 Å². The Labute approximate surface area is 151 Å². The van der Waals surface area contributed by atoms with E-state index in [2.05, 4.69) is 44.2 Å². The van der Waals surface area contributed by atoms with Crippen LogP contribution in [0.15, 0.2) is 60.7 Å². The molecule has 0 saturated carbocycles. The van der Waals surface area contributed by atoms with Gasteiger partial charge in [-0.25, -0.2) is 0 Å². The van der Waals surface area contributed by atoms with Gasteiger partial charge in [0.2, 0.25) is 0 Å². The van der Waals surface area contributed by atoms with E-state index in [1.165, 1.54) is 28.3 Å². The van der Waals surface area contributed by atoms with Crippen molar-refractivity contribution in [1.29, 1.82) is 0 Å². The Morgan fingerprint density at radius 2 is 1.56 bits per heavy atom. The second-order valence-electron chi connectivity index (χ2n) is 6.85. The minimum atomic E-state index is -0.381. The van der Waals surface area contributed by atoms with E-state index in [0.717, 1.165) is 5.56 Å². The number of hydrogen-bond donors (Lipinski definition) is 0. The van der Waals surface area contributed by atoms with Crippen LogP contribution in [0.5, 0.6) is 0 Å². The summed E-state index contributed by atoms with van der Waals surface area (Å²) in [4.78, 5) is 11.1. The third-order valence-electron chi connectivity index (χ3n) is 5.05. The average molecular weight is 350 g/mol. The maximum absolute atomic E-state index is 11.4. The Morgan fingerprint density at radius 3 is 2.32 bits per heavy atom. The molecule has 0 aliphatic heterocycles. The molecule has 0 amide bonds. The Bertz CT molecular complexity index is 1020. The van der Waals surface area contributed by atoms with Crippen molar-refractivity contribution in [2.75, 3.05) is 0 Å². The van der Waals surface area contributed by atoms with E-state index in [1.54, 1.807) is 12.1 Å². The fraction of sp³-hybridized carbons (Fsp3) is 0.143. The van der Waals surface area contributed by atoms with E-state index >= 15 is 0 Å². The molecule has 4 rings (SSSR count). The predicted octanol–water partition coefficient (Wildman–Crippen LogP) is 6.22. The molecular formula is C21H16ClNO2. The molecule has 0 bridgehead atoms. The van der Waals surface area contributed by atoms with E-state index in [9.17, 15) is 10.1 Å². The van der Waals surface area contributed by atoms with Crippen LogP contribution in [0.25, 0.3) is 22.3 Å². The number of nitrogens with zero attached hydrogens (tertiary/aromatic N) is 1. The molecule has 0 heterocycles. The summed E-state index contributed by atoms with van der Waals surface area (Å²) in [5.74, 6) is 0. The highest BCUT2D eigenvalue weighted by Crippen LogP contribution is 2.49. The first-order chi connectivity index (χ1) is 11.9. The normalized spacial score (nSPS) is 14.0. The van der Waals surface area contributed by atoms with E-state index in [1.807, 2.05) is 12.1 Å². The number of hydrogen-bond acceptors (Lipinski definition) is 2. The number of halogens is 1. The monoisotopic (exact) mass is 349 g/mol. The molecular weight excluding hydrogens is 334 g/mol. The summed E-state index contributed by atoms with van der Waals surface area (Å²) in [7, 11) is 0. The summed E-state index contributed by atoms with van der Waals surface area (Å²) in [5, 5.41) is 11.8. The second kappa shape index (κ2) is 5.43. The highest BCUT2D eigenvalue weighted by molar-refractivity contribution is 6.31. The summed E-state index contributed by atoms with van der Waals surface area (Å²) in [6, 6.07) is 19.3. The Balaban J connectivity index is 1.93. The molecule has 4 heteroatoms. The first-order valence-corrected chi connectivity index (χ1v) is 8.46. The summed E-state index contributed by atoms with van der Waals surface area (Å²) in [6.07, 6.45) is 0. The molecule has 0 saturated heterocycles. The molecule has 0 N–H and O–H groups in total. The summed E-state index contributed by atoms with van der Waals surface area (Å²) >= 11 is 5.94. The molecule has 25 heavy (non-hydrogen) atoms. The Morgan fingerprint density at radius 1 is 0.880 bits per heavy atom. The van der Waals surface area contributed by atoms with E-state index in [-0.39, 0.29) is 16.0 Å². The zero-order valence-electron chi connectivity index (χ0n) is 13.9. The van der Waals surface area contributed by atoms with Crippen molar-refractivity contribution in [2.45, 2.75) is 19.3 Å². The fourth-order valence-corrected chi connectivity index (χ4v) is 3.94. The molecule has 3 aromatic rings. The van der Waals surface area contributed by atoms with E-state index in [4.69, 9.17) is 11.6 Å². The third-order valence-corrected chi connectivity index (χ3v) is 5.29. The third kappa shape index (κ3) is 2.35. The second-order valence-corrected chi connectivity index (χ2v) is 7.29. The van der Waals surface area contributed by atoms with Crippen molar-refractivity contribution in [3.8, 4) is 22.3 Å². The van der Waals surface area contributed by atoms with Gasteiger partial charge in [0.15, 0.2) is 0 Å². The Hall–Kier alpha value is -2.65. The van der Waals surface area contributed by atoms with Gasteiger partial charge in [-0.3, -0.25) is 10.1 Å². The van der Waals surface area contributed by atoms with Gasteiger partial charge in [-0.2, -0.15) is 0 Å². The standard InChI is InChI=1S/C21H16ClNO2/c1-21(2)18-6-4-3-5-16(18)17-9-7-13(11-19(17)21)15-10-8-14(22)12-20(15)23(24)25/h3-12H,1-2H3. The molecule has 1 aliphatic carbocycles. The minimum absolute atomic E-state index is 0.0285. The minimum Gasteiger partial charge on any atom is -0.258 e. The highest BCUT2D eigenvalue weighted by atomic mass is 35.5. The maximum atomic E-state index is 11.4. The van der Waals surface area contributed by atoms with Crippen molar-refractivity contribution in [2.24, 2.45) is 0 Å². The van der Waals surface area contributed by atoms with Gasteiger partial charge in [-0.05, 0) is 46.0 Å². The molecule has 1 aliphatic rings. The quantitative estimate of drug-likeness (QED) is 0.407. The lowest BCUT2D eigenvalue weighted by atomic mass is 9.81. The van der Waals surface area contributed by atoms with Crippen LogP contribution in [0.1, 0.15) is 25.0 Å². The maximum Gasteiger partial charge on any atom is 0.278 e. The van der Waals surface area contributed by atoms with Crippen molar-refractivity contribution in [3.05, 3.63) is 86.9 Å². The summed E-state index contributed by atoms with van der Waals surface area (Å²) in [5.41, 5.74) is 6.22. The van der Waals surface area contributed by atoms with Gasteiger partial charge in [-0.15, -0.1) is 0 Å². The zero-order chi connectivity index (χ0) is 17.8. The van der Waals surface area contributed by atoms with Crippen molar-refractivity contribution < 1.29 is 4.92 Å². The summed E-state index contributed by atoms with van der Waals surface area (Å²) < 4.78 is 0. The van der Waals surface area contributed by atoms with Crippen LogP contribution in [0.4, 0.5) is 5.69 Å². The molecule has 0 atom stereocenters. The van der Waals surface area contributed by atoms with Gasteiger partial charge >= 0.3 is 0 Å². The molecule has 3 aromatic carbocycles.